The highest BCUT2D eigenvalue weighted by atomic mass is 16.3. The lowest BCUT2D eigenvalue weighted by Crippen LogP contribution is -2.46. The molecule has 1 aliphatic rings. The Labute approximate surface area is 129 Å². The van der Waals surface area contributed by atoms with Gasteiger partial charge in [0.05, 0.1) is 6.10 Å². The summed E-state index contributed by atoms with van der Waals surface area (Å²) >= 11 is 0. The molecular formula is C18H30N2O. The van der Waals surface area contributed by atoms with Crippen molar-refractivity contribution in [3.63, 3.8) is 0 Å². The number of likely N-dealkylation sites (N-methyl/N-ethyl adjacent to an activating group) is 1. The smallest absolute Gasteiger partial charge is 0.0802 e. The quantitative estimate of drug-likeness (QED) is 0.873. The van der Waals surface area contributed by atoms with Crippen LogP contribution in [0.5, 0.6) is 0 Å². The SMILES string of the molecule is CCN1CCN(CCC(O)c2ccc(C(C)C)cc2)CC1. The standard InChI is InChI=1S/C18H30N2O/c1-4-19-11-13-20(14-12-19)10-9-18(21)17-7-5-16(6-8-17)15(2)3/h5-8,15,18,21H,4,9-14H2,1-3H3. The van der Waals surface area contributed by atoms with Crippen LogP contribution >= 0.6 is 0 Å². The average molecular weight is 290 g/mol. The predicted octanol–water partition coefficient (Wildman–Crippen LogP) is 2.87. The summed E-state index contributed by atoms with van der Waals surface area (Å²) < 4.78 is 0. The summed E-state index contributed by atoms with van der Waals surface area (Å²) in [6.45, 7) is 13.3. The van der Waals surface area contributed by atoms with Crippen molar-refractivity contribution in [1.82, 2.24) is 9.80 Å². The molecule has 0 amide bonds. The van der Waals surface area contributed by atoms with E-state index in [0.29, 0.717) is 5.92 Å². The van der Waals surface area contributed by atoms with Crippen molar-refractivity contribution in [3.8, 4) is 0 Å². The molecule has 0 bridgehead atoms. The van der Waals surface area contributed by atoms with E-state index in [2.05, 4.69) is 54.8 Å². The maximum atomic E-state index is 10.3. The molecule has 0 spiro atoms. The Hall–Kier alpha value is -0.900. The minimum absolute atomic E-state index is 0.338. The Morgan fingerprint density at radius 3 is 2.00 bits per heavy atom. The van der Waals surface area contributed by atoms with Gasteiger partial charge in [-0.25, -0.2) is 0 Å². The van der Waals surface area contributed by atoms with Gasteiger partial charge in [-0.1, -0.05) is 45.0 Å². The summed E-state index contributed by atoms with van der Waals surface area (Å²) in [7, 11) is 0. The van der Waals surface area contributed by atoms with Gasteiger partial charge in [-0.3, -0.25) is 0 Å². The minimum atomic E-state index is -0.338. The molecule has 1 unspecified atom stereocenters. The molecule has 3 nitrogen and oxygen atoms in total. The van der Waals surface area contributed by atoms with Crippen molar-refractivity contribution < 1.29 is 5.11 Å². The van der Waals surface area contributed by atoms with E-state index >= 15 is 0 Å². The van der Waals surface area contributed by atoms with Crippen LogP contribution in [0.1, 0.15) is 50.3 Å². The summed E-state index contributed by atoms with van der Waals surface area (Å²) in [5.74, 6) is 0.547. The van der Waals surface area contributed by atoms with Crippen molar-refractivity contribution in [3.05, 3.63) is 35.4 Å². The van der Waals surface area contributed by atoms with Crippen LogP contribution in [0, 0.1) is 0 Å². The molecule has 0 saturated carbocycles. The van der Waals surface area contributed by atoms with Crippen LogP contribution in [-0.2, 0) is 0 Å². The van der Waals surface area contributed by atoms with Crippen molar-refractivity contribution in [2.24, 2.45) is 0 Å². The van der Waals surface area contributed by atoms with Crippen molar-refractivity contribution in [2.45, 2.75) is 39.2 Å². The van der Waals surface area contributed by atoms with Crippen LogP contribution in [0.25, 0.3) is 0 Å². The lowest BCUT2D eigenvalue weighted by atomic mass is 9.99. The fraction of sp³-hybridized carbons (Fsp3) is 0.667. The molecule has 1 aliphatic heterocycles. The third-order valence-corrected chi connectivity index (χ3v) is 4.62. The van der Waals surface area contributed by atoms with Gasteiger partial charge in [-0.15, -0.1) is 0 Å². The molecule has 21 heavy (non-hydrogen) atoms. The summed E-state index contributed by atoms with van der Waals surface area (Å²) in [4.78, 5) is 4.95. The van der Waals surface area contributed by atoms with Crippen LogP contribution in [-0.4, -0.2) is 54.2 Å². The Kier molecular flexibility index (Phi) is 6.22. The molecular weight excluding hydrogens is 260 g/mol. The lowest BCUT2D eigenvalue weighted by molar-refractivity contribution is 0.105. The van der Waals surface area contributed by atoms with Gasteiger partial charge in [-0.2, -0.15) is 0 Å². The highest BCUT2D eigenvalue weighted by Gasteiger charge is 2.16. The molecule has 2 rings (SSSR count). The number of hydrogen-bond donors (Lipinski definition) is 1. The first kappa shape index (κ1) is 16.5. The topological polar surface area (TPSA) is 26.7 Å². The molecule has 1 saturated heterocycles. The number of benzene rings is 1. The Bertz CT molecular complexity index is 408. The Morgan fingerprint density at radius 1 is 0.952 bits per heavy atom. The number of aliphatic hydroxyl groups excluding tert-OH is 1. The van der Waals surface area contributed by atoms with Gasteiger partial charge >= 0.3 is 0 Å². The molecule has 118 valence electrons. The van der Waals surface area contributed by atoms with E-state index in [4.69, 9.17) is 0 Å². The fourth-order valence-corrected chi connectivity index (χ4v) is 2.90. The largest absolute Gasteiger partial charge is 0.388 e. The molecule has 1 fully saturated rings. The van der Waals surface area contributed by atoms with E-state index in [-0.39, 0.29) is 6.10 Å². The van der Waals surface area contributed by atoms with Crippen LogP contribution in [0.2, 0.25) is 0 Å². The van der Waals surface area contributed by atoms with E-state index in [1.54, 1.807) is 0 Å². The number of aliphatic hydroxyl groups is 1. The van der Waals surface area contributed by atoms with Crippen molar-refractivity contribution in [1.29, 1.82) is 0 Å². The zero-order chi connectivity index (χ0) is 15.2. The minimum Gasteiger partial charge on any atom is -0.388 e. The zero-order valence-corrected chi connectivity index (χ0v) is 13.8. The monoisotopic (exact) mass is 290 g/mol. The van der Waals surface area contributed by atoms with Crippen molar-refractivity contribution in [2.75, 3.05) is 39.3 Å². The van der Waals surface area contributed by atoms with Gasteiger partial charge in [-0.05, 0) is 30.0 Å². The maximum absolute atomic E-state index is 10.3. The summed E-state index contributed by atoms with van der Waals surface area (Å²) in [5, 5.41) is 10.3. The van der Waals surface area contributed by atoms with Crippen LogP contribution < -0.4 is 0 Å². The second-order valence-electron chi connectivity index (χ2n) is 6.40. The normalized spacial score (nSPS) is 19.1. The van der Waals surface area contributed by atoms with Crippen molar-refractivity contribution >= 4 is 0 Å². The summed E-state index contributed by atoms with van der Waals surface area (Å²) in [5.41, 5.74) is 2.38. The van der Waals surface area contributed by atoms with Gasteiger partial charge in [0.2, 0.25) is 0 Å². The van der Waals surface area contributed by atoms with Crippen LogP contribution in [0.15, 0.2) is 24.3 Å². The third kappa shape index (κ3) is 4.80. The second-order valence-corrected chi connectivity index (χ2v) is 6.40. The molecule has 3 heteroatoms. The molecule has 1 atom stereocenters. The van der Waals surface area contributed by atoms with Gasteiger partial charge in [0, 0.05) is 32.7 Å². The molecule has 0 aromatic heterocycles. The second kappa shape index (κ2) is 7.92. The van der Waals surface area contributed by atoms with E-state index in [1.807, 2.05) is 0 Å². The third-order valence-electron chi connectivity index (χ3n) is 4.62. The molecule has 0 radical (unpaired) electrons. The summed E-state index contributed by atoms with van der Waals surface area (Å²) in [6, 6.07) is 8.44. The lowest BCUT2D eigenvalue weighted by Gasteiger charge is -2.34. The fourth-order valence-electron chi connectivity index (χ4n) is 2.90. The van der Waals surface area contributed by atoms with E-state index in [1.165, 1.54) is 5.56 Å². The highest BCUT2D eigenvalue weighted by molar-refractivity contribution is 5.26. The van der Waals surface area contributed by atoms with E-state index in [9.17, 15) is 5.11 Å². The van der Waals surface area contributed by atoms with Gasteiger partial charge < -0.3 is 14.9 Å². The first-order valence-corrected chi connectivity index (χ1v) is 8.32. The number of nitrogens with zero attached hydrogens (tertiary/aromatic N) is 2. The average Bonchev–Trinajstić information content (AvgIpc) is 2.53. The Balaban J connectivity index is 1.78. The highest BCUT2D eigenvalue weighted by Crippen LogP contribution is 2.21. The number of piperazine rings is 1. The van der Waals surface area contributed by atoms with E-state index < -0.39 is 0 Å². The van der Waals surface area contributed by atoms with Crippen LogP contribution in [0.3, 0.4) is 0 Å². The molecule has 1 aromatic rings. The maximum Gasteiger partial charge on any atom is 0.0802 e. The Morgan fingerprint density at radius 2 is 1.48 bits per heavy atom. The predicted molar refractivity (Wildman–Crippen MR) is 88.7 cm³/mol. The molecule has 1 heterocycles. The zero-order valence-electron chi connectivity index (χ0n) is 13.8. The summed E-state index contributed by atoms with van der Waals surface area (Å²) in [6.07, 6.45) is 0.489. The van der Waals surface area contributed by atoms with Crippen LogP contribution in [0.4, 0.5) is 0 Å². The first-order chi connectivity index (χ1) is 10.1. The van der Waals surface area contributed by atoms with Gasteiger partial charge in [0.25, 0.3) is 0 Å². The number of hydrogen-bond acceptors (Lipinski definition) is 3. The van der Waals surface area contributed by atoms with Gasteiger partial charge in [0.15, 0.2) is 0 Å². The van der Waals surface area contributed by atoms with E-state index in [0.717, 1.165) is 51.3 Å². The molecule has 0 aliphatic carbocycles. The van der Waals surface area contributed by atoms with Gasteiger partial charge in [0.1, 0.15) is 0 Å². The number of rotatable bonds is 6. The first-order valence-electron chi connectivity index (χ1n) is 8.32. The molecule has 1 aromatic carbocycles. The molecule has 1 N–H and O–H groups in total.